The van der Waals surface area contributed by atoms with E-state index in [-0.39, 0.29) is 5.91 Å². The van der Waals surface area contributed by atoms with Crippen LogP contribution in [-0.4, -0.2) is 31.1 Å². The summed E-state index contributed by atoms with van der Waals surface area (Å²) >= 11 is 5.73. The van der Waals surface area contributed by atoms with Crippen LogP contribution in [0.15, 0.2) is 24.3 Å². The Morgan fingerprint density at radius 1 is 1.37 bits per heavy atom. The number of ether oxygens (including phenoxy) is 1. The predicted molar refractivity (Wildman–Crippen MR) is 72.1 cm³/mol. The van der Waals surface area contributed by atoms with Crippen LogP contribution >= 0.6 is 11.6 Å². The SMILES string of the molecule is C[C@@H](NC(N)=O)C(=O)NCCOc1ccc(Cl)cc1. The molecule has 7 heteroatoms. The monoisotopic (exact) mass is 285 g/mol. The molecular weight excluding hydrogens is 270 g/mol. The quantitative estimate of drug-likeness (QED) is 0.678. The van der Waals surface area contributed by atoms with Crippen molar-refractivity contribution in [2.24, 2.45) is 5.73 Å². The van der Waals surface area contributed by atoms with Crippen molar-refractivity contribution in [3.63, 3.8) is 0 Å². The molecule has 0 radical (unpaired) electrons. The number of nitrogens with two attached hydrogens (primary N) is 1. The number of hydrogen-bond acceptors (Lipinski definition) is 3. The van der Waals surface area contributed by atoms with E-state index in [1.165, 1.54) is 0 Å². The average Bonchev–Trinajstić information content (AvgIpc) is 2.35. The summed E-state index contributed by atoms with van der Waals surface area (Å²) in [4.78, 5) is 22.0. The van der Waals surface area contributed by atoms with Crippen LogP contribution in [0.3, 0.4) is 0 Å². The topological polar surface area (TPSA) is 93.5 Å². The van der Waals surface area contributed by atoms with Crippen molar-refractivity contribution in [3.8, 4) is 5.75 Å². The lowest BCUT2D eigenvalue weighted by Crippen LogP contribution is -2.47. The smallest absolute Gasteiger partial charge is 0.312 e. The fourth-order valence-electron chi connectivity index (χ4n) is 1.31. The van der Waals surface area contributed by atoms with Crippen LogP contribution in [-0.2, 0) is 4.79 Å². The van der Waals surface area contributed by atoms with Gasteiger partial charge in [-0.25, -0.2) is 4.79 Å². The molecule has 4 N–H and O–H groups in total. The Labute approximate surface area is 116 Å². The summed E-state index contributed by atoms with van der Waals surface area (Å²) in [7, 11) is 0. The number of rotatable bonds is 6. The van der Waals surface area contributed by atoms with E-state index in [0.29, 0.717) is 23.9 Å². The molecule has 1 aromatic carbocycles. The molecule has 0 aliphatic rings. The minimum absolute atomic E-state index is 0.316. The Balaban J connectivity index is 2.21. The van der Waals surface area contributed by atoms with E-state index in [2.05, 4.69) is 10.6 Å². The summed E-state index contributed by atoms with van der Waals surface area (Å²) in [6, 6.07) is 5.50. The second-order valence-corrected chi connectivity index (χ2v) is 4.26. The first-order valence-electron chi connectivity index (χ1n) is 5.71. The van der Waals surface area contributed by atoms with Crippen LogP contribution in [0.4, 0.5) is 4.79 Å². The third kappa shape index (κ3) is 5.96. The molecule has 0 saturated heterocycles. The molecule has 0 aromatic heterocycles. The normalized spacial score (nSPS) is 11.5. The highest BCUT2D eigenvalue weighted by atomic mass is 35.5. The molecule has 1 atom stereocenters. The standard InChI is InChI=1S/C12H16ClN3O3/c1-8(16-12(14)18)11(17)15-6-7-19-10-4-2-9(13)3-5-10/h2-5,8H,6-7H2,1H3,(H,15,17)(H3,14,16,18)/t8-/m1/s1. The van der Waals surface area contributed by atoms with Gasteiger partial charge in [-0.1, -0.05) is 11.6 Å². The maximum atomic E-state index is 11.5. The first-order valence-corrected chi connectivity index (χ1v) is 6.09. The number of urea groups is 1. The lowest BCUT2D eigenvalue weighted by molar-refractivity contribution is -0.122. The van der Waals surface area contributed by atoms with Gasteiger partial charge < -0.3 is 21.1 Å². The second-order valence-electron chi connectivity index (χ2n) is 3.82. The van der Waals surface area contributed by atoms with Crippen molar-refractivity contribution in [2.75, 3.05) is 13.2 Å². The van der Waals surface area contributed by atoms with Crippen molar-refractivity contribution >= 4 is 23.5 Å². The summed E-state index contributed by atoms with van der Waals surface area (Å²) in [6.07, 6.45) is 0. The van der Waals surface area contributed by atoms with Gasteiger partial charge >= 0.3 is 6.03 Å². The minimum atomic E-state index is -0.736. The minimum Gasteiger partial charge on any atom is -0.492 e. The van der Waals surface area contributed by atoms with Gasteiger partial charge in [0.05, 0.1) is 6.54 Å². The van der Waals surface area contributed by atoms with Crippen LogP contribution in [0.1, 0.15) is 6.92 Å². The van der Waals surface area contributed by atoms with Crippen molar-refractivity contribution in [1.82, 2.24) is 10.6 Å². The predicted octanol–water partition coefficient (Wildman–Crippen LogP) is 0.892. The van der Waals surface area contributed by atoms with Crippen molar-refractivity contribution in [3.05, 3.63) is 29.3 Å². The van der Waals surface area contributed by atoms with Crippen LogP contribution in [0.2, 0.25) is 5.02 Å². The molecule has 0 fully saturated rings. The highest BCUT2D eigenvalue weighted by Crippen LogP contribution is 2.14. The van der Waals surface area contributed by atoms with Crippen LogP contribution < -0.4 is 21.1 Å². The van der Waals surface area contributed by atoms with Gasteiger partial charge in [-0.15, -0.1) is 0 Å². The maximum Gasteiger partial charge on any atom is 0.312 e. The molecule has 19 heavy (non-hydrogen) atoms. The molecule has 0 saturated carbocycles. The third-order valence-corrected chi connectivity index (χ3v) is 2.49. The summed E-state index contributed by atoms with van der Waals surface area (Å²) in [5, 5.41) is 5.52. The van der Waals surface area contributed by atoms with Crippen LogP contribution in [0.5, 0.6) is 5.75 Å². The summed E-state index contributed by atoms with van der Waals surface area (Å²) in [5.74, 6) is 0.348. The Kier molecular flexibility index (Phi) is 5.95. The Morgan fingerprint density at radius 2 is 2.00 bits per heavy atom. The fraction of sp³-hybridized carbons (Fsp3) is 0.333. The number of halogens is 1. The van der Waals surface area contributed by atoms with E-state index in [1.807, 2.05) is 0 Å². The molecule has 0 aliphatic carbocycles. The average molecular weight is 286 g/mol. The molecule has 0 unspecified atom stereocenters. The number of nitrogens with one attached hydrogen (secondary N) is 2. The number of primary amides is 1. The number of carbonyl (C=O) groups is 2. The fourth-order valence-corrected chi connectivity index (χ4v) is 1.43. The largest absolute Gasteiger partial charge is 0.492 e. The van der Waals surface area contributed by atoms with Gasteiger partial charge in [-0.05, 0) is 31.2 Å². The molecule has 0 bridgehead atoms. The number of carbonyl (C=O) groups excluding carboxylic acids is 2. The van der Waals surface area contributed by atoms with Gasteiger partial charge in [-0.3, -0.25) is 4.79 Å². The number of amides is 3. The van der Waals surface area contributed by atoms with Crippen LogP contribution in [0, 0.1) is 0 Å². The molecular formula is C12H16ClN3O3. The number of hydrogen-bond donors (Lipinski definition) is 3. The van der Waals surface area contributed by atoms with Gasteiger partial charge in [0.1, 0.15) is 18.4 Å². The van der Waals surface area contributed by atoms with E-state index in [0.717, 1.165) is 0 Å². The van der Waals surface area contributed by atoms with Gasteiger partial charge in [0.25, 0.3) is 0 Å². The Morgan fingerprint density at radius 3 is 2.58 bits per heavy atom. The highest BCUT2D eigenvalue weighted by molar-refractivity contribution is 6.30. The summed E-state index contributed by atoms with van der Waals surface area (Å²) in [6.45, 7) is 2.18. The van der Waals surface area contributed by atoms with Crippen molar-refractivity contribution in [2.45, 2.75) is 13.0 Å². The Hall–Kier alpha value is -1.95. The molecule has 0 aliphatic heterocycles. The summed E-state index contributed by atoms with van der Waals surface area (Å²) < 4.78 is 5.39. The molecule has 0 heterocycles. The molecule has 1 aromatic rings. The van der Waals surface area contributed by atoms with Gasteiger partial charge in [0, 0.05) is 5.02 Å². The van der Waals surface area contributed by atoms with Gasteiger partial charge in [0.2, 0.25) is 5.91 Å². The highest BCUT2D eigenvalue weighted by Gasteiger charge is 2.12. The van der Waals surface area contributed by atoms with E-state index in [4.69, 9.17) is 22.1 Å². The first kappa shape index (κ1) is 15.1. The zero-order valence-corrected chi connectivity index (χ0v) is 11.2. The van der Waals surface area contributed by atoms with Crippen LogP contribution in [0.25, 0.3) is 0 Å². The molecule has 0 spiro atoms. The third-order valence-electron chi connectivity index (χ3n) is 2.24. The molecule has 3 amide bonds. The van der Waals surface area contributed by atoms with Crippen molar-refractivity contribution < 1.29 is 14.3 Å². The molecule has 6 nitrogen and oxygen atoms in total. The van der Waals surface area contributed by atoms with Gasteiger partial charge in [-0.2, -0.15) is 0 Å². The van der Waals surface area contributed by atoms with E-state index >= 15 is 0 Å². The van der Waals surface area contributed by atoms with Gasteiger partial charge in [0.15, 0.2) is 0 Å². The molecule has 104 valence electrons. The zero-order valence-electron chi connectivity index (χ0n) is 10.5. The number of benzene rings is 1. The maximum absolute atomic E-state index is 11.5. The zero-order chi connectivity index (χ0) is 14.3. The van der Waals surface area contributed by atoms with Crippen molar-refractivity contribution in [1.29, 1.82) is 0 Å². The Bertz CT molecular complexity index is 436. The van der Waals surface area contributed by atoms with E-state index in [1.54, 1.807) is 31.2 Å². The summed E-state index contributed by atoms with van der Waals surface area (Å²) in [5.41, 5.74) is 4.91. The lowest BCUT2D eigenvalue weighted by atomic mass is 10.3. The second kappa shape index (κ2) is 7.48. The molecule has 1 rings (SSSR count). The van der Waals surface area contributed by atoms with E-state index < -0.39 is 12.1 Å². The first-order chi connectivity index (χ1) is 8.99. The van der Waals surface area contributed by atoms with E-state index in [9.17, 15) is 9.59 Å². The lowest BCUT2D eigenvalue weighted by Gasteiger charge is -2.12.